The first-order valence-corrected chi connectivity index (χ1v) is 5.88. The molecule has 2 unspecified atom stereocenters. The van der Waals surface area contributed by atoms with Gasteiger partial charge in [0.1, 0.15) is 0 Å². The molecule has 1 aromatic rings. The Morgan fingerprint density at radius 2 is 2.22 bits per heavy atom. The molecule has 18 heavy (non-hydrogen) atoms. The van der Waals surface area contributed by atoms with Crippen LogP contribution < -0.4 is 0 Å². The summed E-state index contributed by atoms with van der Waals surface area (Å²) >= 11 is 0. The van der Waals surface area contributed by atoms with E-state index in [9.17, 15) is 9.59 Å². The molecule has 1 aromatic heterocycles. The third-order valence-electron chi connectivity index (χ3n) is 2.97. The van der Waals surface area contributed by atoms with Gasteiger partial charge >= 0.3 is 11.9 Å². The normalized spacial score (nSPS) is 21.2. The molecule has 0 radical (unpaired) electrons. The van der Waals surface area contributed by atoms with Gasteiger partial charge in [0.25, 0.3) is 0 Å². The van der Waals surface area contributed by atoms with Gasteiger partial charge in [-0.3, -0.25) is 9.78 Å². The molecule has 0 aliphatic heterocycles. The van der Waals surface area contributed by atoms with Crippen molar-refractivity contribution < 1.29 is 19.1 Å². The molecule has 1 saturated carbocycles. The number of ether oxygens (including phenoxy) is 2. The number of rotatable bonds is 4. The van der Waals surface area contributed by atoms with Gasteiger partial charge in [0.05, 0.1) is 25.2 Å². The van der Waals surface area contributed by atoms with E-state index in [0.717, 1.165) is 12.1 Å². The van der Waals surface area contributed by atoms with Crippen molar-refractivity contribution in [3.05, 3.63) is 29.6 Å². The van der Waals surface area contributed by atoms with Crippen LogP contribution in [-0.4, -0.2) is 30.6 Å². The topological polar surface area (TPSA) is 65.5 Å². The fourth-order valence-corrected chi connectivity index (χ4v) is 1.89. The van der Waals surface area contributed by atoms with E-state index in [1.54, 1.807) is 19.1 Å². The van der Waals surface area contributed by atoms with E-state index in [4.69, 9.17) is 4.74 Å². The average molecular weight is 249 g/mol. The van der Waals surface area contributed by atoms with Crippen molar-refractivity contribution in [1.29, 1.82) is 0 Å². The maximum Gasteiger partial charge on any atom is 0.339 e. The highest BCUT2D eigenvalue weighted by Crippen LogP contribution is 2.47. The smallest absolute Gasteiger partial charge is 0.339 e. The van der Waals surface area contributed by atoms with Gasteiger partial charge in [-0.2, -0.15) is 0 Å². The van der Waals surface area contributed by atoms with Gasteiger partial charge in [0.15, 0.2) is 0 Å². The second kappa shape index (κ2) is 5.16. The number of methoxy groups -OCH3 is 1. The third-order valence-corrected chi connectivity index (χ3v) is 2.97. The number of hydrogen-bond acceptors (Lipinski definition) is 5. The molecule has 96 valence electrons. The average Bonchev–Trinajstić information content (AvgIpc) is 3.18. The van der Waals surface area contributed by atoms with Crippen molar-refractivity contribution in [3.63, 3.8) is 0 Å². The molecule has 1 aliphatic rings. The Labute approximate surface area is 105 Å². The Balaban J connectivity index is 2.00. The lowest BCUT2D eigenvalue weighted by Gasteiger charge is -2.02. The van der Waals surface area contributed by atoms with Crippen molar-refractivity contribution in [1.82, 2.24) is 4.98 Å². The quantitative estimate of drug-likeness (QED) is 0.757. The monoisotopic (exact) mass is 249 g/mol. The second-order valence-electron chi connectivity index (χ2n) is 4.16. The lowest BCUT2D eigenvalue weighted by Crippen LogP contribution is -2.08. The zero-order valence-corrected chi connectivity index (χ0v) is 10.4. The van der Waals surface area contributed by atoms with E-state index in [1.807, 2.05) is 0 Å². The van der Waals surface area contributed by atoms with E-state index in [0.29, 0.717) is 12.2 Å². The number of hydrogen-bond donors (Lipinski definition) is 0. The van der Waals surface area contributed by atoms with Gasteiger partial charge in [0.2, 0.25) is 0 Å². The highest BCUT2D eigenvalue weighted by Gasteiger charge is 2.46. The summed E-state index contributed by atoms with van der Waals surface area (Å²) in [6.45, 7) is 2.19. The Morgan fingerprint density at radius 3 is 2.78 bits per heavy atom. The molecule has 1 fully saturated rings. The summed E-state index contributed by atoms with van der Waals surface area (Å²) in [6, 6.07) is 3.42. The fraction of sp³-hybridized carbons (Fsp3) is 0.462. The van der Waals surface area contributed by atoms with Gasteiger partial charge < -0.3 is 9.47 Å². The first-order chi connectivity index (χ1) is 8.67. The van der Waals surface area contributed by atoms with Crippen LogP contribution in [0.4, 0.5) is 0 Å². The zero-order valence-electron chi connectivity index (χ0n) is 10.4. The largest absolute Gasteiger partial charge is 0.466 e. The van der Waals surface area contributed by atoms with Crippen LogP contribution in [-0.2, 0) is 14.3 Å². The summed E-state index contributed by atoms with van der Waals surface area (Å²) < 4.78 is 9.55. The van der Waals surface area contributed by atoms with E-state index >= 15 is 0 Å². The molecule has 0 N–H and O–H groups in total. The number of aromatic nitrogens is 1. The molecule has 0 amide bonds. The Morgan fingerprint density at radius 1 is 1.44 bits per heavy atom. The molecule has 2 atom stereocenters. The minimum Gasteiger partial charge on any atom is -0.466 e. The Bertz CT molecular complexity index is 455. The zero-order chi connectivity index (χ0) is 13.1. The fourth-order valence-electron chi connectivity index (χ4n) is 1.89. The predicted octanol–water partition coefficient (Wildman–Crippen LogP) is 1.53. The van der Waals surface area contributed by atoms with Gasteiger partial charge in [-0.1, -0.05) is 0 Å². The van der Waals surface area contributed by atoms with E-state index in [1.165, 1.54) is 13.3 Å². The van der Waals surface area contributed by atoms with Crippen LogP contribution in [0.15, 0.2) is 18.3 Å². The third kappa shape index (κ3) is 2.50. The summed E-state index contributed by atoms with van der Waals surface area (Å²) in [7, 11) is 1.33. The summed E-state index contributed by atoms with van der Waals surface area (Å²) in [5, 5.41) is 0. The molecular formula is C13H15NO4. The number of pyridine rings is 1. The van der Waals surface area contributed by atoms with Crippen LogP contribution in [0.2, 0.25) is 0 Å². The lowest BCUT2D eigenvalue weighted by atomic mass is 10.2. The van der Waals surface area contributed by atoms with Crippen molar-refractivity contribution >= 4 is 11.9 Å². The van der Waals surface area contributed by atoms with Crippen LogP contribution in [0.3, 0.4) is 0 Å². The number of carbonyl (C=O) groups is 2. The number of nitrogens with zero attached hydrogens (tertiary/aromatic N) is 1. The molecule has 0 bridgehead atoms. The van der Waals surface area contributed by atoms with Crippen LogP contribution in [0.25, 0.3) is 0 Å². The molecule has 0 saturated heterocycles. The van der Waals surface area contributed by atoms with Gasteiger partial charge in [-0.25, -0.2) is 4.79 Å². The van der Waals surface area contributed by atoms with E-state index in [-0.39, 0.29) is 17.8 Å². The molecular weight excluding hydrogens is 234 g/mol. The Hall–Kier alpha value is -1.91. The van der Waals surface area contributed by atoms with Gasteiger partial charge in [-0.05, 0) is 25.5 Å². The van der Waals surface area contributed by atoms with Crippen molar-refractivity contribution in [3.8, 4) is 0 Å². The highest BCUT2D eigenvalue weighted by molar-refractivity contribution is 5.88. The molecule has 0 spiro atoms. The Kier molecular flexibility index (Phi) is 3.60. The molecule has 5 heteroatoms. The summed E-state index contributed by atoms with van der Waals surface area (Å²) in [5.74, 6) is -0.537. The molecule has 1 aliphatic carbocycles. The van der Waals surface area contributed by atoms with Crippen molar-refractivity contribution in [2.24, 2.45) is 5.92 Å². The lowest BCUT2D eigenvalue weighted by molar-refractivity contribution is -0.144. The van der Waals surface area contributed by atoms with Crippen molar-refractivity contribution in [2.75, 3.05) is 13.7 Å². The molecule has 2 rings (SSSR count). The summed E-state index contributed by atoms with van der Waals surface area (Å²) in [5.41, 5.74) is 1.23. The van der Waals surface area contributed by atoms with Crippen LogP contribution in [0.1, 0.15) is 35.3 Å². The standard InChI is InChI=1S/C13H15NO4/c1-3-18-13(16)10-6-9(10)11-5-4-8(7-14-11)12(15)17-2/h4-5,7,9-10H,3,6H2,1-2H3. The van der Waals surface area contributed by atoms with Crippen LogP contribution >= 0.6 is 0 Å². The molecule has 1 heterocycles. The molecule has 5 nitrogen and oxygen atoms in total. The van der Waals surface area contributed by atoms with E-state index < -0.39 is 5.97 Å². The van der Waals surface area contributed by atoms with Crippen molar-refractivity contribution in [2.45, 2.75) is 19.3 Å². The maximum absolute atomic E-state index is 11.5. The van der Waals surface area contributed by atoms with Crippen LogP contribution in [0, 0.1) is 5.92 Å². The minimum absolute atomic E-state index is 0.0820. The van der Waals surface area contributed by atoms with E-state index in [2.05, 4.69) is 9.72 Å². The SMILES string of the molecule is CCOC(=O)C1CC1c1ccc(C(=O)OC)cn1. The highest BCUT2D eigenvalue weighted by atomic mass is 16.5. The first kappa shape index (κ1) is 12.5. The van der Waals surface area contributed by atoms with Gasteiger partial charge in [0, 0.05) is 17.8 Å². The summed E-state index contributed by atoms with van der Waals surface area (Å²) in [4.78, 5) is 26.9. The molecule has 0 aromatic carbocycles. The minimum atomic E-state index is -0.410. The summed E-state index contributed by atoms with van der Waals surface area (Å²) in [6.07, 6.45) is 2.24. The second-order valence-corrected chi connectivity index (χ2v) is 4.16. The first-order valence-electron chi connectivity index (χ1n) is 5.88. The maximum atomic E-state index is 11.5. The predicted molar refractivity (Wildman–Crippen MR) is 63.1 cm³/mol. The number of carbonyl (C=O) groups excluding carboxylic acids is 2. The van der Waals surface area contributed by atoms with Crippen LogP contribution in [0.5, 0.6) is 0 Å². The van der Waals surface area contributed by atoms with Gasteiger partial charge in [-0.15, -0.1) is 0 Å². The number of esters is 2.